The van der Waals surface area contributed by atoms with Gasteiger partial charge in [-0.3, -0.25) is 0 Å². The lowest BCUT2D eigenvalue weighted by Gasteiger charge is -2.00. The minimum absolute atomic E-state index is 0.323. The number of halogens is 2. The number of nitrogen functional groups attached to an aromatic ring is 1. The highest BCUT2D eigenvalue weighted by atomic mass is 35.5. The van der Waals surface area contributed by atoms with Crippen molar-refractivity contribution < 1.29 is 4.39 Å². The first kappa shape index (κ1) is 10.4. The van der Waals surface area contributed by atoms with Crippen LogP contribution in [0.5, 0.6) is 0 Å². The fraction of sp³-hybridized carbons (Fsp3) is 0.100. The van der Waals surface area contributed by atoms with Crippen LogP contribution in [0.3, 0.4) is 0 Å². The summed E-state index contributed by atoms with van der Waals surface area (Å²) in [6.45, 7) is 1.84. The van der Waals surface area contributed by atoms with Crippen LogP contribution < -0.4 is 5.73 Å². The summed E-state index contributed by atoms with van der Waals surface area (Å²) in [6, 6.07) is 4.55. The number of rotatable bonds is 1. The lowest BCUT2D eigenvalue weighted by Crippen LogP contribution is -1.88. The molecule has 0 aliphatic carbocycles. The van der Waals surface area contributed by atoms with E-state index in [1.165, 1.54) is 17.4 Å². The molecule has 1 aromatic carbocycles. The molecule has 0 atom stereocenters. The summed E-state index contributed by atoms with van der Waals surface area (Å²) >= 11 is 7.25. The number of anilines is 1. The normalized spacial score (nSPS) is 10.6. The van der Waals surface area contributed by atoms with Crippen LogP contribution in [0.15, 0.2) is 18.2 Å². The van der Waals surface area contributed by atoms with Crippen molar-refractivity contribution >= 4 is 28.8 Å². The third-order valence-electron chi connectivity index (χ3n) is 2.01. The van der Waals surface area contributed by atoms with Crippen molar-refractivity contribution in [2.75, 3.05) is 5.73 Å². The molecule has 2 rings (SSSR count). The molecule has 5 heteroatoms. The number of aromatic nitrogens is 1. The van der Waals surface area contributed by atoms with Gasteiger partial charge in [-0.1, -0.05) is 17.7 Å². The Morgan fingerprint density at radius 1 is 1.47 bits per heavy atom. The van der Waals surface area contributed by atoms with E-state index in [1.807, 2.05) is 6.92 Å². The SMILES string of the molecule is Cc1sc(-c2c(F)cccc2Cl)nc1N. The molecule has 0 unspecified atom stereocenters. The third-order valence-corrected chi connectivity index (χ3v) is 3.33. The highest BCUT2D eigenvalue weighted by Gasteiger charge is 2.14. The molecule has 0 aliphatic heterocycles. The summed E-state index contributed by atoms with van der Waals surface area (Å²) in [7, 11) is 0. The molecule has 0 saturated heterocycles. The average Bonchev–Trinajstić information content (AvgIpc) is 2.46. The van der Waals surface area contributed by atoms with Gasteiger partial charge >= 0.3 is 0 Å². The summed E-state index contributed by atoms with van der Waals surface area (Å²) in [4.78, 5) is 4.94. The molecule has 2 nitrogen and oxygen atoms in total. The van der Waals surface area contributed by atoms with E-state index in [4.69, 9.17) is 17.3 Å². The van der Waals surface area contributed by atoms with Gasteiger partial charge < -0.3 is 5.73 Å². The Bertz CT molecular complexity index is 470. The van der Waals surface area contributed by atoms with Crippen LogP contribution in [0.25, 0.3) is 10.6 Å². The molecule has 15 heavy (non-hydrogen) atoms. The predicted octanol–water partition coefficient (Wildman–Crippen LogP) is 3.49. The first-order valence-corrected chi connectivity index (χ1v) is 5.46. The van der Waals surface area contributed by atoms with Crippen LogP contribution in [-0.4, -0.2) is 4.98 Å². The number of hydrogen-bond acceptors (Lipinski definition) is 3. The van der Waals surface area contributed by atoms with Gasteiger partial charge in [-0.2, -0.15) is 0 Å². The molecule has 0 fully saturated rings. The molecule has 2 aromatic rings. The fourth-order valence-electron chi connectivity index (χ4n) is 1.22. The number of benzene rings is 1. The molecular formula is C10H8ClFN2S. The standard InChI is InChI=1S/C10H8ClFN2S/c1-5-9(13)14-10(15-5)8-6(11)3-2-4-7(8)12/h2-4H,13H2,1H3. The summed E-state index contributed by atoms with van der Waals surface area (Å²) in [6.07, 6.45) is 0. The smallest absolute Gasteiger partial charge is 0.138 e. The second-order valence-corrected chi connectivity index (χ2v) is 4.67. The van der Waals surface area contributed by atoms with Crippen molar-refractivity contribution in [3.63, 3.8) is 0 Å². The van der Waals surface area contributed by atoms with Crippen LogP contribution in [0.2, 0.25) is 5.02 Å². The van der Waals surface area contributed by atoms with Gasteiger partial charge in [-0.15, -0.1) is 11.3 Å². The Balaban J connectivity index is 2.63. The number of nitrogens with two attached hydrogens (primary N) is 1. The van der Waals surface area contributed by atoms with E-state index in [2.05, 4.69) is 4.98 Å². The van der Waals surface area contributed by atoms with Crippen LogP contribution in [0.4, 0.5) is 10.2 Å². The first-order chi connectivity index (χ1) is 7.09. The summed E-state index contributed by atoms with van der Waals surface area (Å²) < 4.78 is 13.5. The highest BCUT2D eigenvalue weighted by molar-refractivity contribution is 7.15. The van der Waals surface area contributed by atoms with Crippen LogP contribution >= 0.6 is 22.9 Å². The molecule has 0 spiro atoms. The largest absolute Gasteiger partial charge is 0.383 e. The van der Waals surface area contributed by atoms with Gasteiger partial charge in [0, 0.05) is 4.88 Å². The molecule has 0 saturated carbocycles. The maximum atomic E-state index is 13.5. The van der Waals surface area contributed by atoms with Gasteiger partial charge in [0.05, 0.1) is 10.6 Å². The third kappa shape index (κ3) is 1.82. The van der Waals surface area contributed by atoms with Crippen molar-refractivity contribution in [3.8, 4) is 10.6 Å². The summed E-state index contributed by atoms with van der Waals surface area (Å²) in [5.41, 5.74) is 5.94. The van der Waals surface area contributed by atoms with E-state index in [1.54, 1.807) is 12.1 Å². The maximum Gasteiger partial charge on any atom is 0.138 e. The number of nitrogens with zero attached hydrogens (tertiary/aromatic N) is 1. The van der Waals surface area contributed by atoms with Gasteiger partial charge in [-0.25, -0.2) is 9.37 Å². The van der Waals surface area contributed by atoms with Gasteiger partial charge in [0.1, 0.15) is 16.6 Å². The molecule has 1 heterocycles. The zero-order chi connectivity index (χ0) is 11.0. The van der Waals surface area contributed by atoms with Gasteiger partial charge in [0.2, 0.25) is 0 Å². The molecule has 0 bridgehead atoms. The van der Waals surface area contributed by atoms with Crippen molar-refractivity contribution in [2.24, 2.45) is 0 Å². The minimum atomic E-state index is -0.378. The average molecular weight is 243 g/mol. The van der Waals surface area contributed by atoms with E-state index < -0.39 is 0 Å². The molecule has 0 amide bonds. The lowest BCUT2D eigenvalue weighted by molar-refractivity contribution is 0.631. The molecule has 78 valence electrons. The zero-order valence-corrected chi connectivity index (χ0v) is 9.49. The van der Waals surface area contributed by atoms with Gasteiger partial charge in [0.15, 0.2) is 0 Å². The number of aryl methyl sites for hydroxylation is 1. The van der Waals surface area contributed by atoms with E-state index in [0.29, 0.717) is 21.4 Å². The molecular weight excluding hydrogens is 235 g/mol. The van der Waals surface area contributed by atoms with Crippen molar-refractivity contribution in [1.29, 1.82) is 0 Å². The monoisotopic (exact) mass is 242 g/mol. The topological polar surface area (TPSA) is 38.9 Å². The Labute approximate surface area is 95.5 Å². The summed E-state index contributed by atoms with van der Waals surface area (Å²) in [5, 5.41) is 0.872. The second-order valence-electron chi connectivity index (χ2n) is 3.06. The van der Waals surface area contributed by atoms with E-state index in [9.17, 15) is 4.39 Å². The second kappa shape index (κ2) is 3.79. The van der Waals surface area contributed by atoms with Crippen molar-refractivity contribution in [1.82, 2.24) is 4.98 Å². The van der Waals surface area contributed by atoms with Gasteiger partial charge in [-0.05, 0) is 19.1 Å². The molecule has 0 radical (unpaired) electrons. The maximum absolute atomic E-state index is 13.5. The highest BCUT2D eigenvalue weighted by Crippen LogP contribution is 2.35. The fourth-order valence-corrected chi connectivity index (χ4v) is 2.42. The molecule has 1 aromatic heterocycles. The zero-order valence-electron chi connectivity index (χ0n) is 7.92. The minimum Gasteiger partial charge on any atom is -0.383 e. The van der Waals surface area contributed by atoms with E-state index in [-0.39, 0.29) is 5.82 Å². The molecule has 0 aliphatic rings. The lowest BCUT2D eigenvalue weighted by atomic mass is 10.2. The van der Waals surface area contributed by atoms with Crippen molar-refractivity contribution in [2.45, 2.75) is 6.92 Å². The number of thiazole rings is 1. The Morgan fingerprint density at radius 2 is 2.20 bits per heavy atom. The van der Waals surface area contributed by atoms with Crippen LogP contribution in [-0.2, 0) is 0 Å². The number of hydrogen-bond donors (Lipinski definition) is 1. The Morgan fingerprint density at radius 3 is 2.73 bits per heavy atom. The van der Waals surface area contributed by atoms with E-state index >= 15 is 0 Å². The van der Waals surface area contributed by atoms with Gasteiger partial charge in [0.25, 0.3) is 0 Å². The van der Waals surface area contributed by atoms with E-state index in [0.717, 1.165) is 4.88 Å². The first-order valence-electron chi connectivity index (χ1n) is 4.27. The quantitative estimate of drug-likeness (QED) is 0.831. The van der Waals surface area contributed by atoms with Crippen molar-refractivity contribution in [3.05, 3.63) is 33.9 Å². The Kier molecular flexibility index (Phi) is 2.63. The van der Waals surface area contributed by atoms with Crippen LogP contribution in [0.1, 0.15) is 4.88 Å². The van der Waals surface area contributed by atoms with Crippen LogP contribution in [0, 0.1) is 12.7 Å². The predicted molar refractivity (Wildman–Crippen MR) is 61.7 cm³/mol. The molecule has 2 N–H and O–H groups in total. The Hall–Kier alpha value is -1.13. The summed E-state index contributed by atoms with van der Waals surface area (Å²) in [5.74, 6) is 0.0468.